The molecule has 0 aliphatic carbocycles. The summed E-state index contributed by atoms with van der Waals surface area (Å²) in [6.07, 6.45) is 2.10. The molecule has 1 heterocycles. The van der Waals surface area contributed by atoms with E-state index >= 15 is 0 Å². The Morgan fingerprint density at radius 2 is 1.83 bits per heavy atom. The van der Waals surface area contributed by atoms with Crippen molar-refractivity contribution in [1.29, 1.82) is 0 Å². The molecule has 0 radical (unpaired) electrons. The zero-order chi connectivity index (χ0) is 19.8. The molecule has 158 valence electrons. The average molecular weight is 526 g/mol. The van der Waals surface area contributed by atoms with E-state index in [-0.39, 0.29) is 24.0 Å². The minimum absolute atomic E-state index is 0. The maximum absolute atomic E-state index is 5.49. The second-order valence-corrected chi connectivity index (χ2v) is 7.71. The Hall–Kier alpha value is -1.45. The molecule has 0 spiro atoms. The lowest BCUT2D eigenvalue weighted by molar-refractivity contribution is 0.122. The number of benzene rings is 2. The molecule has 0 bridgehead atoms. The van der Waals surface area contributed by atoms with Crippen molar-refractivity contribution in [3.8, 4) is 0 Å². The van der Waals surface area contributed by atoms with Gasteiger partial charge in [0, 0.05) is 50.9 Å². The van der Waals surface area contributed by atoms with Gasteiger partial charge in [-0.25, -0.2) is 0 Å². The van der Waals surface area contributed by atoms with Gasteiger partial charge >= 0.3 is 0 Å². The van der Waals surface area contributed by atoms with Crippen LogP contribution in [-0.2, 0) is 17.8 Å². The molecule has 0 unspecified atom stereocenters. The van der Waals surface area contributed by atoms with Crippen molar-refractivity contribution in [3.05, 3.63) is 59.7 Å². The minimum atomic E-state index is 0. The molecule has 1 N–H and O–H groups in total. The molecular weight excluding hydrogens is 495 g/mol. The summed E-state index contributed by atoms with van der Waals surface area (Å²) in [7, 11) is 3.91. The first-order valence-electron chi connectivity index (χ1n) is 9.66. The van der Waals surface area contributed by atoms with Crippen LogP contribution >= 0.6 is 35.7 Å². The largest absolute Gasteiger partial charge is 0.378 e. The van der Waals surface area contributed by atoms with Gasteiger partial charge in [-0.3, -0.25) is 4.99 Å². The number of aliphatic imine (C=N–C) groups is 1. The molecule has 0 atom stereocenters. The first kappa shape index (κ1) is 23.8. The van der Waals surface area contributed by atoms with Crippen LogP contribution in [0.4, 0.5) is 5.69 Å². The van der Waals surface area contributed by atoms with Crippen molar-refractivity contribution < 1.29 is 4.74 Å². The Bertz CT molecular complexity index is 779. The molecule has 2 aromatic carbocycles. The van der Waals surface area contributed by atoms with Crippen molar-refractivity contribution in [3.63, 3.8) is 0 Å². The third kappa shape index (κ3) is 6.79. The Morgan fingerprint density at radius 1 is 1.14 bits per heavy atom. The van der Waals surface area contributed by atoms with Crippen molar-refractivity contribution in [1.82, 2.24) is 10.2 Å². The molecule has 1 aliphatic rings. The number of anilines is 1. The van der Waals surface area contributed by atoms with Crippen LogP contribution in [-0.4, -0.2) is 57.5 Å². The molecule has 2 aromatic rings. The van der Waals surface area contributed by atoms with Gasteiger partial charge in [0.2, 0.25) is 0 Å². The zero-order valence-electron chi connectivity index (χ0n) is 17.4. The van der Waals surface area contributed by atoms with Crippen LogP contribution in [0.5, 0.6) is 0 Å². The summed E-state index contributed by atoms with van der Waals surface area (Å²) in [5, 5.41) is 3.52. The lowest BCUT2D eigenvalue weighted by Crippen LogP contribution is -2.39. The highest BCUT2D eigenvalue weighted by molar-refractivity contribution is 14.0. The van der Waals surface area contributed by atoms with E-state index in [1.807, 2.05) is 7.05 Å². The van der Waals surface area contributed by atoms with Crippen LogP contribution in [0.1, 0.15) is 11.1 Å². The number of hydrogen-bond acceptors (Lipinski definition) is 4. The third-order valence-corrected chi connectivity index (χ3v) is 5.68. The zero-order valence-corrected chi connectivity index (χ0v) is 20.6. The second kappa shape index (κ2) is 12.3. The summed E-state index contributed by atoms with van der Waals surface area (Å²) in [6, 6.07) is 17.3. The van der Waals surface area contributed by atoms with Crippen molar-refractivity contribution in [2.75, 3.05) is 51.6 Å². The number of nitrogens with one attached hydrogen (secondary N) is 1. The minimum Gasteiger partial charge on any atom is -0.378 e. The summed E-state index contributed by atoms with van der Waals surface area (Å²) in [5.41, 5.74) is 3.84. The first-order valence-corrected chi connectivity index (χ1v) is 10.9. The van der Waals surface area contributed by atoms with Crippen LogP contribution in [0.15, 0.2) is 58.4 Å². The highest BCUT2D eigenvalue weighted by Crippen LogP contribution is 2.21. The van der Waals surface area contributed by atoms with E-state index in [0.717, 1.165) is 45.4 Å². The maximum atomic E-state index is 5.49. The number of thioether (sulfide) groups is 1. The predicted molar refractivity (Wildman–Crippen MR) is 135 cm³/mol. The van der Waals surface area contributed by atoms with Crippen LogP contribution in [0, 0.1) is 0 Å². The van der Waals surface area contributed by atoms with Crippen molar-refractivity contribution in [2.24, 2.45) is 4.99 Å². The van der Waals surface area contributed by atoms with Gasteiger partial charge in [0.05, 0.1) is 13.2 Å². The summed E-state index contributed by atoms with van der Waals surface area (Å²) in [4.78, 5) is 10.3. The number of ether oxygens (including phenoxy) is 1. The number of rotatable bonds is 6. The number of halogens is 1. The van der Waals surface area contributed by atoms with E-state index in [4.69, 9.17) is 4.74 Å². The van der Waals surface area contributed by atoms with Gasteiger partial charge in [0.1, 0.15) is 0 Å². The predicted octanol–water partition coefficient (Wildman–Crippen LogP) is 4.07. The van der Waals surface area contributed by atoms with Crippen LogP contribution < -0.4 is 10.2 Å². The fourth-order valence-electron chi connectivity index (χ4n) is 3.41. The summed E-state index contributed by atoms with van der Waals surface area (Å²) < 4.78 is 5.49. The van der Waals surface area contributed by atoms with Gasteiger partial charge in [-0.05, 0) is 35.6 Å². The standard InChI is InChI=1S/C22H30N4OS.HI/c1-23-22(25(2)17-18-8-10-20(28-3)11-9-18)24-16-19-6-4-5-7-21(19)26-12-14-27-15-13-26;/h4-11H,12-17H2,1-3H3,(H,23,24);1H. The van der Waals surface area contributed by atoms with E-state index in [1.54, 1.807) is 11.8 Å². The van der Waals surface area contributed by atoms with Gasteiger partial charge in [-0.15, -0.1) is 35.7 Å². The number of nitrogens with zero attached hydrogens (tertiary/aromatic N) is 3. The number of hydrogen-bond donors (Lipinski definition) is 1. The molecule has 1 saturated heterocycles. The van der Waals surface area contributed by atoms with Gasteiger partial charge in [0.25, 0.3) is 0 Å². The first-order chi connectivity index (χ1) is 13.7. The van der Waals surface area contributed by atoms with E-state index in [2.05, 4.69) is 81.9 Å². The van der Waals surface area contributed by atoms with Gasteiger partial charge in [-0.2, -0.15) is 0 Å². The highest BCUT2D eigenvalue weighted by Gasteiger charge is 2.15. The number of guanidine groups is 1. The van der Waals surface area contributed by atoms with E-state index in [0.29, 0.717) is 0 Å². The molecule has 0 amide bonds. The number of para-hydroxylation sites is 1. The monoisotopic (exact) mass is 526 g/mol. The summed E-state index contributed by atoms with van der Waals surface area (Å²) >= 11 is 1.76. The van der Waals surface area contributed by atoms with Gasteiger partial charge in [-0.1, -0.05) is 30.3 Å². The molecule has 1 fully saturated rings. The molecule has 0 aromatic heterocycles. The Morgan fingerprint density at radius 3 is 2.48 bits per heavy atom. The second-order valence-electron chi connectivity index (χ2n) is 6.83. The molecule has 0 saturated carbocycles. The van der Waals surface area contributed by atoms with Crippen molar-refractivity contribution in [2.45, 2.75) is 18.0 Å². The Balaban J connectivity index is 0.00000300. The average Bonchev–Trinajstić information content (AvgIpc) is 2.75. The lowest BCUT2D eigenvalue weighted by Gasteiger charge is -2.31. The smallest absolute Gasteiger partial charge is 0.193 e. The fraction of sp³-hybridized carbons (Fsp3) is 0.409. The topological polar surface area (TPSA) is 40.1 Å². The molecule has 1 aliphatic heterocycles. The Kier molecular flexibility index (Phi) is 10.1. The number of morpholine rings is 1. The quantitative estimate of drug-likeness (QED) is 0.266. The normalized spacial score (nSPS) is 14.3. The highest BCUT2D eigenvalue weighted by atomic mass is 127. The van der Waals surface area contributed by atoms with E-state index in [9.17, 15) is 0 Å². The molecule has 5 nitrogen and oxygen atoms in total. The van der Waals surface area contributed by atoms with Gasteiger partial charge in [0.15, 0.2) is 5.96 Å². The van der Waals surface area contributed by atoms with Crippen molar-refractivity contribution >= 4 is 47.4 Å². The molecular formula is C22H31IN4OS. The summed E-state index contributed by atoms with van der Waals surface area (Å²) in [6.45, 7) is 5.04. The third-order valence-electron chi connectivity index (χ3n) is 4.93. The molecule has 3 rings (SSSR count). The Labute approximate surface area is 195 Å². The van der Waals surface area contributed by atoms with Crippen LogP contribution in [0.3, 0.4) is 0 Å². The lowest BCUT2D eigenvalue weighted by atomic mass is 10.1. The van der Waals surface area contributed by atoms with E-state index in [1.165, 1.54) is 21.7 Å². The summed E-state index contributed by atoms with van der Waals surface area (Å²) in [5.74, 6) is 0.894. The maximum Gasteiger partial charge on any atom is 0.193 e. The van der Waals surface area contributed by atoms with Crippen LogP contribution in [0.25, 0.3) is 0 Å². The van der Waals surface area contributed by atoms with E-state index < -0.39 is 0 Å². The SMILES string of the molecule is CN=C(NCc1ccccc1N1CCOCC1)N(C)Cc1ccc(SC)cc1.I. The fourth-order valence-corrected chi connectivity index (χ4v) is 3.82. The van der Waals surface area contributed by atoms with Gasteiger partial charge < -0.3 is 19.9 Å². The molecule has 29 heavy (non-hydrogen) atoms. The van der Waals surface area contributed by atoms with Crippen LogP contribution in [0.2, 0.25) is 0 Å². The molecule has 7 heteroatoms.